The Morgan fingerprint density at radius 2 is 2.11 bits per heavy atom. The highest BCUT2D eigenvalue weighted by Gasteiger charge is 2.41. The van der Waals surface area contributed by atoms with Crippen molar-refractivity contribution in [1.29, 1.82) is 0 Å². The minimum absolute atomic E-state index is 0.0114. The van der Waals surface area contributed by atoms with Crippen LogP contribution in [0.4, 0.5) is 8.78 Å². The molecule has 0 bridgehead atoms. The van der Waals surface area contributed by atoms with Gasteiger partial charge in [-0.15, -0.1) is 5.10 Å². The molecule has 0 saturated carbocycles. The summed E-state index contributed by atoms with van der Waals surface area (Å²) in [6.07, 6.45) is 1.71. The van der Waals surface area contributed by atoms with E-state index in [2.05, 4.69) is 15.2 Å². The van der Waals surface area contributed by atoms with Crippen molar-refractivity contribution >= 4 is 0 Å². The van der Waals surface area contributed by atoms with Crippen molar-refractivity contribution in [2.45, 2.75) is 32.2 Å². The molecule has 6 nitrogen and oxygen atoms in total. The summed E-state index contributed by atoms with van der Waals surface area (Å²) in [6, 6.07) is 5.48. The maximum atomic E-state index is 14.2. The summed E-state index contributed by atoms with van der Waals surface area (Å²) in [7, 11) is 0. The number of halogens is 2. The van der Waals surface area contributed by atoms with Crippen LogP contribution in [-0.2, 0) is 17.9 Å². The van der Waals surface area contributed by atoms with Crippen LogP contribution in [0.1, 0.15) is 23.1 Å². The van der Waals surface area contributed by atoms with Crippen LogP contribution in [0.2, 0.25) is 0 Å². The maximum absolute atomic E-state index is 14.2. The van der Waals surface area contributed by atoms with Gasteiger partial charge >= 0.3 is 0 Å². The molecule has 4 heterocycles. The lowest BCUT2D eigenvalue weighted by Gasteiger charge is -2.26. The predicted molar refractivity (Wildman–Crippen MR) is 91.7 cm³/mol. The van der Waals surface area contributed by atoms with Gasteiger partial charge in [0.05, 0.1) is 30.7 Å². The quantitative estimate of drug-likeness (QED) is 0.707. The molecule has 27 heavy (non-hydrogen) atoms. The van der Waals surface area contributed by atoms with Crippen LogP contribution in [0.25, 0.3) is 11.3 Å². The third kappa shape index (κ3) is 2.76. The maximum Gasteiger partial charge on any atom is 0.135 e. The van der Waals surface area contributed by atoms with E-state index in [4.69, 9.17) is 9.15 Å². The van der Waals surface area contributed by atoms with Gasteiger partial charge in [0, 0.05) is 36.8 Å². The Morgan fingerprint density at radius 3 is 2.89 bits per heavy atom. The molecule has 0 spiro atoms. The summed E-state index contributed by atoms with van der Waals surface area (Å²) in [5.74, 6) is -0.347. The second kappa shape index (κ2) is 6.24. The number of nitrogens with zero attached hydrogens (tertiary/aromatic N) is 4. The molecule has 0 unspecified atom stereocenters. The summed E-state index contributed by atoms with van der Waals surface area (Å²) in [5.41, 5.74) is 2.53. The smallest absolute Gasteiger partial charge is 0.135 e. The van der Waals surface area contributed by atoms with Gasteiger partial charge in [-0.2, -0.15) is 0 Å². The van der Waals surface area contributed by atoms with E-state index in [9.17, 15) is 8.78 Å². The number of hydrogen-bond acceptors (Lipinski definition) is 5. The molecule has 2 aliphatic rings. The van der Waals surface area contributed by atoms with Crippen LogP contribution in [0.3, 0.4) is 0 Å². The van der Waals surface area contributed by atoms with Gasteiger partial charge in [-0.05, 0) is 25.1 Å². The monoisotopic (exact) mass is 372 g/mol. The van der Waals surface area contributed by atoms with Gasteiger partial charge in [-0.25, -0.2) is 13.5 Å². The summed E-state index contributed by atoms with van der Waals surface area (Å²) < 4.78 is 40.6. The number of aryl methyl sites for hydroxylation is 1. The zero-order valence-corrected chi connectivity index (χ0v) is 14.7. The van der Waals surface area contributed by atoms with Crippen molar-refractivity contribution in [2.24, 2.45) is 0 Å². The van der Waals surface area contributed by atoms with Gasteiger partial charge in [-0.1, -0.05) is 5.21 Å². The van der Waals surface area contributed by atoms with E-state index in [1.54, 1.807) is 6.26 Å². The Labute approximate surface area is 154 Å². The highest BCUT2D eigenvalue weighted by molar-refractivity contribution is 5.62. The molecule has 0 radical (unpaired) electrons. The summed E-state index contributed by atoms with van der Waals surface area (Å²) in [4.78, 5) is 2.29. The van der Waals surface area contributed by atoms with Crippen LogP contribution in [-0.4, -0.2) is 39.1 Å². The first-order valence-electron chi connectivity index (χ1n) is 8.86. The third-order valence-electron chi connectivity index (χ3n) is 5.40. The first kappa shape index (κ1) is 16.6. The van der Waals surface area contributed by atoms with Crippen molar-refractivity contribution in [3.05, 3.63) is 59.2 Å². The number of ether oxygens (including phenoxy) is 1. The molecule has 2 atom stereocenters. The SMILES string of the molecule is Cc1occc1CN1C[C@@H]2OCc3c(-c4ccc(F)cc4F)nnn3[C@H]2C1. The van der Waals surface area contributed by atoms with E-state index in [0.717, 1.165) is 42.7 Å². The zero-order chi connectivity index (χ0) is 18.5. The number of aromatic nitrogens is 3. The molecule has 1 aromatic carbocycles. The fraction of sp³-hybridized carbons (Fsp3) is 0.368. The Bertz CT molecular complexity index is 1000. The highest BCUT2D eigenvalue weighted by atomic mass is 19.1. The zero-order valence-electron chi connectivity index (χ0n) is 14.7. The number of likely N-dealkylation sites (tertiary alicyclic amines) is 1. The van der Waals surface area contributed by atoms with Gasteiger partial charge in [0.15, 0.2) is 0 Å². The number of rotatable bonds is 3. The molecule has 0 amide bonds. The van der Waals surface area contributed by atoms with Crippen LogP contribution in [0, 0.1) is 18.6 Å². The van der Waals surface area contributed by atoms with Crippen molar-refractivity contribution < 1.29 is 17.9 Å². The van der Waals surface area contributed by atoms with Gasteiger partial charge < -0.3 is 9.15 Å². The van der Waals surface area contributed by atoms with E-state index in [1.165, 1.54) is 12.1 Å². The van der Waals surface area contributed by atoms with E-state index in [0.29, 0.717) is 12.3 Å². The molecule has 140 valence electrons. The molecule has 2 aliphatic heterocycles. The Morgan fingerprint density at radius 1 is 1.22 bits per heavy atom. The topological polar surface area (TPSA) is 56.3 Å². The Hall–Kier alpha value is -2.58. The van der Waals surface area contributed by atoms with Crippen LogP contribution in [0.15, 0.2) is 34.9 Å². The summed E-state index contributed by atoms with van der Waals surface area (Å²) in [5, 5.41) is 8.44. The molecule has 0 aliphatic carbocycles. The fourth-order valence-corrected chi connectivity index (χ4v) is 3.97. The van der Waals surface area contributed by atoms with Crippen molar-refractivity contribution in [3.63, 3.8) is 0 Å². The van der Waals surface area contributed by atoms with Crippen molar-refractivity contribution in [2.75, 3.05) is 13.1 Å². The van der Waals surface area contributed by atoms with Crippen LogP contribution < -0.4 is 0 Å². The third-order valence-corrected chi connectivity index (χ3v) is 5.40. The fourth-order valence-electron chi connectivity index (χ4n) is 3.97. The predicted octanol–water partition coefficient (Wildman–Crippen LogP) is 3.08. The van der Waals surface area contributed by atoms with E-state index in [-0.39, 0.29) is 17.7 Å². The second-order valence-electron chi connectivity index (χ2n) is 7.07. The first-order valence-corrected chi connectivity index (χ1v) is 8.86. The van der Waals surface area contributed by atoms with E-state index in [1.807, 2.05) is 17.7 Å². The summed E-state index contributed by atoms with van der Waals surface area (Å²) in [6.45, 7) is 4.58. The number of furan rings is 1. The molecule has 0 N–H and O–H groups in total. The van der Waals surface area contributed by atoms with Gasteiger partial charge in [0.2, 0.25) is 0 Å². The lowest BCUT2D eigenvalue weighted by molar-refractivity contribution is -0.00495. The lowest BCUT2D eigenvalue weighted by Crippen LogP contribution is -2.32. The van der Waals surface area contributed by atoms with Crippen molar-refractivity contribution in [1.82, 2.24) is 19.9 Å². The molecule has 8 heteroatoms. The average Bonchev–Trinajstić information content (AvgIpc) is 3.33. The number of benzene rings is 1. The van der Waals surface area contributed by atoms with Gasteiger partial charge in [-0.3, -0.25) is 4.90 Å². The lowest BCUT2D eigenvalue weighted by atomic mass is 10.1. The van der Waals surface area contributed by atoms with Crippen LogP contribution in [0.5, 0.6) is 0 Å². The molecule has 3 aromatic rings. The second-order valence-corrected chi connectivity index (χ2v) is 7.07. The Balaban J connectivity index is 1.42. The van der Waals surface area contributed by atoms with Gasteiger partial charge in [0.1, 0.15) is 23.1 Å². The van der Waals surface area contributed by atoms with E-state index < -0.39 is 11.6 Å². The molecule has 2 aromatic heterocycles. The van der Waals surface area contributed by atoms with Crippen molar-refractivity contribution in [3.8, 4) is 11.3 Å². The molecule has 1 fully saturated rings. The number of fused-ring (bicyclic) bond motifs is 3. The largest absolute Gasteiger partial charge is 0.469 e. The first-order chi connectivity index (χ1) is 13.1. The minimum Gasteiger partial charge on any atom is -0.469 e. The molecule has 1 saturated heterocycles. The van der Waals surface area contributed by atoms with E-state index >= 15 is 0 Å². The average molecular weight is 372 g/mol. The normalized spacial score (nSPS) is 22.0. The Kier molecular flexibility index (Phi) is 3.84. The molecular formula is C19H18F2N4O2. The molecule has 5 rings (SSSR count). The highest BCUT2D eigenvalue weighted by Crippen LogP contribution is 2.35. The number of hydrogen-bond donors (Lipinski definition) is 0. The van der Waals surface area contributed by atoms with Gasteiger partial charge in [0.25, 0.3) is 0 Å². The molecular weight excluding hydrogens is 354 g/mol. The minimum atomic E-state index is -0.649. The summed E-state index contributed by atoms with van der Waals surface area (Å²) >= 11 is 0. The van der Waals surface area contributed by atoms with Crippen LogP contribution >= 0.6 is 0 Å². The standard InChI is InChI=1S/C19H18F2N4O2/c1-11-12(4-5-26-11)7-24-8-16-18(9-24)27-10-17-19(22-23-25(16)17)14-3-2-13(20)6-15(14)21/h2-6,16,18H,7-10H2,1H3/t16-,18-/m0/s1.